The van der Waals surface area contributed by atoms with Crippen molar-refractivity contribution >= 4 is 38.5 Å². The standard InChI is InChI=1S/C15H14BrFIN/c1-9-6-11(17)3-2-10(9)7-15(19)13-8-12(18)4-5-14(13)16/h2-6,8,15H,7,19H2,1H3. The molecule has 2 N–H and O–H groups in total. The van der Waals surface area contributed by atoms with E-state index in [0.29, 0.717) is 6.42 Å². The van der Waals surface area contributed by atoms with Gasteiger partial charge in [0.25, 0.3) is 0 Å². The van der Waals surface area contributed by atoms with E-state index in [9.17, 15) is 4.39 Å². The molecule has 4 heteroatoms. The van der Waals surface area contributed by atoms with Crippen molar-refractivity contribution in [3.05, 3.63) is 66.9 Å². The molecule has 19 heavy (non-hydrogen) atoms. The second-order valence-corrected chi connectivity index (χ2v) is 6.65. The third-order valence-electron chi connectivity index (χ3n) is 3.10. The van der Waals surface area contributed by atoms with Crippen molar-refractivity contribution in [2.24, 2.45) is 5.73 Å². The van der Waals surface area contributed by atoms with Crippen LogP contribution in [-0.4, -0.2) is 0 Å². The Kier molecular flexibility index (Phi) is 4.97. The van der Waals surface area contributed by atoms with Crippen LogP contribution >= 0.6 is 38.5 Å². The lowest BCUT2D eigenvalue weighted by atomic mass is 9.97. The molecule has 0 fully saturated rings. The normalized spacial score (nSPS) is 12.5. The molecule has 0 amide bonds. The smallest absolute Gasteiger partial charge is 0.123 e. The van der Waals surface area contributed by atoms with E-state index in [4.69, 9.17) is 5.73 Å². The van der Waals surface area contributed by atoms with Crippen molar-refractivity contribution in [2.75, 3.05) is 0 Å². The van der Waals surface area contributed by atoms with E-state index in [1.807, 2.05) is 25.1 Å². The Morgan fingerprint density at radius 3 is 2.68 bits per heavy atom. The maximum atomic E-state index is 13.1. The van der Waals surface area contributed by atoms with Gasteiger partial charge in [-0.05, 0) is 83.0 Å². The molecule has 0 aliphatic carbocycles. The minimum Gasteiger partial charge on any atom is -0.324 e. The van der Waals surface area contributed by atoms with E-state index in [-0.39, 0.29) is 11.9 Å². The summed E-state index contributed by atoms with van der Waals surface area (Å²) in [6, 6.07) is 10.9. The van der Waals surface area contributed by atoms with Crippen molar-refractivity contribution in [2.45, 2.75) is 19.4 Å². The lowest BCUT2D eigenvalue weighted by molar-refractivity contribution is 0.623. The van der Waals surface area contributed by atoms with Crippen LogP contribution in [-0.2, 0) is 6.42 Å². The van der Waals surface area contributed by atoms with Crippen LogP contribution in [0.1, 0.15) is 22.7 Å². The van der Waals surface area contributed by atoms with Crippen molar-refractivity contribution in [1.82, 2.24) is 0 Å². The lowest BCUT2D eigenvalue weighted by Gasteiger charge is -2.16. The van der Waals surface area contributed by atoms with Gasteiger partial charge in [0.2, 0.25) is 0 Å². The van der Waals surface area contributed by atoms with Crippen LogP contribution in [0.25, 0.3) is 0 Å². The highest BCUT2D eigenvalue weighted by Gasteiger charge is 2.12. The van der Waals surface area contributed by atoms with Crippen molar-refractivity contribution < 1.29 is 4.39 Å². The summed E-state index contributed by atoms with van der Waals surface area (Å²) in [5, 5.41) is 0. The molecule has 0 saturated carbocycles. The Morgan fingerprint density at radius 2 is 2.00 bits per heavy atom. The van der Waals surface area contributed by atoms with Gasteiger partial charge < -0.3 is 5.73 Å². The van der Waals surface area contributed by atoms with Crippen molar-refractivity contribution in [3.63, 3.8) is 0 Å². The highest BCUT2D eigenvalue weighted by molar-refractivity contribution is 14.1. The molecule has 0 aliphatic heterocycles. The predicted molar refractivity (Wildman–Crippen MR) is 88.6 cm³/mol. The Morgan fingerprint density at radius 1 is 1.26 bits per heavy atom. The second kappa shape index (κ2) is 6.33. The molecular formula is C15H14BrFIN. The fourth-order valence-electron chi connectivity index (χ4n) is 2.03. The number of hydrogen-bond donors (Lipinski definition) is 1. The Labute approximate surface area is 134 Å². The lowest BCUT2D eigenvalue weighted by Crippen LogP contribution is -2.15. The first kappa shape index (κ1) is 14.9. The number of aryl methyl sites for hydroxylation is 1. The first-order valence-corrected chi connectivity index (χ1v) is 7.80. The SMILES string of the molecule is Cc1cc(F)ccc1CC(N)c1cc(I)ccc1Br. The Bertz CT molecular complexity index is 601. The monoisotopic (exact) mass is 433 g/mol. The van der Waals surface area contributed by atoms with Gasteiger partial charge in [-0.25, -0.2) is 4.39 Å². The molecule has 0 aliphatic rings. The van der Waals surface area contributed by atoms with Gasteiger partial charge in [0.05, 0.1) is 0 Å². The fourth-order valence-corrected chi connectivity index (χ4v) is 3.09. The summed E-state index contributed by atoms with van der Waals surface area (Å²) >= 11 is 5.80. The highest BCUT2D eigenvalue weighted by atomic mass is 127. The summed E-state index contributed by atoms with van der Waals surface area (Å²) in [6.07, 6.45) is 0.699. The predicted octanol–water partition coefficient (Wildman–Crippen LogP) is 4.74. The largest absolute Gasteiger partial charge is 0.324 e. The molecule has 0 aromatic heterocycles. The fraction of sp³-hybridized carbons (Fsp3) is 0.200. The summed E-state index contributed by atoms with van der Waals surface area (Å²) in [7, 11) is 0. The average molecular weight is 434 g/mol. The van der Waals surface area contributed by atoms with E-state index in [2.05, 4.69) is 44.6 Å². The third kappa shape index (κ3) is 3.77. The van der Waals surface area contributed by atoms with Gasteiger partial charge in [-0.3, -0.25) is 0 Å². The molecule has 0 saturated heterocycles. The Hall–Kier alpha value is -0.460. The maximum absolute atomic E-state index is 13.1. The number of benzene rings is 2. The first-order chi connectivity index (χ1) is 8.97. The van der Waals surface area contributed by atoms with Crippen LogP contribution in [0, 0.1) is 16.3 Å². The van der Waals surface area contributed by atoms with Crippen LogP contribution in [0.2, 0.25) is 0 Å². The maximum Gasteiger partial charge on any atom is 0.123 e. The molecule has 1 atom stereocenters. The minimum atomic E-state index is -0.203. The van der Waals surface area contributed by atoms with Gasteiger partial charge in [-0.1, -0.05) is 22.0 Å². The zero-order chi connectivity index (χ0) is 14.0. The molecular weight excluding hydrogens is 420 g/mol. The molecule has 0 radical (unpaired) electrons. The Balaban J connectivity index is 2.25. The van der Waals surface area contributed by atoms with Crippen LogP contribution in [0.15, 0.2) is 40.9 Å². The van der Waals surface area contributed by atoms with E-state index >= 15 is 0 Å². The molecule has 1 nitrogen and oxygen atoms in total. The van der Waals surface area contributed by atoms with Crippen LogP contribution in [0.4, 0.5) is 4.39 Å². The topological polar surface area (TPSA) is 26.0 Å². The molecule has 0 heterocycles. The molecule has 0 spiro atoms. The molecule has 2 aromatic carbocycles. The van der Waals surface area contributed by atoms with E-state index in [0.717, 1.165) is 24.7 Å². The van der Waals surface area contributed by atoms with Crippen molar-refractivity contribution in [1.29, 1.82) is 0 Å². The van der Waals surface area contributed by atoms with Crippen LogP contribution in [0.3, 0.4) is 0 Å². The molecule has 1 unspecified atom stereocenters. The number of hydrogen-bond acceptors (Lipinski definition) is 1. The van der Waals surface area contributed by atoms with Crippen molar-refractivity contribution in [3.8, 4) is 0 Å². The first-order valence-electron chi connectivity index (χ1n) is 5.93. The number of nitrogens with two attached hydrogens (primary N) is 1. The van der Waals surface area contributed by atoms with Gasteiger partial charge in [0.15, 0.2) is 0 Å². The van der Waals surface area contributed by atoms with Gasteiger partial charge in [0.1, 0.15) is 5.82 Å². The summed E-state index contributed by atoms with van der Waals surface area (Å²) in [4.78, 5) is 0. The quantitative estimate of drug-likeness (QED) is 0.695. The van der Waals surface area contributed by atoms with Crippen LogP contribution in [0.5, 0.6) is 0 Å². The summed E-state index contributed by atoms with van der Waals surface area (Å²) in [5.74, 6) is -0.203. The van der Waals surface area contributed by atoms with Gasteiger partial charge in [-0.2, -0.15) is 0 Å². The number of rotatable bonds is 3. The molecule has 2 rings (SSSR count). The van der Waals surface area contributed by atoms with Crippen LogP contribution < -0.4 is 5.73 Å². The molecule has 2 aromatic rings. The van der Waals surface area contributed by atoms with Gasteiger partial charge in [-0.15, -0.1) is 0 Å². The summed E-state index contributed by atoms with van der Waals surface area (Å²) in [6.45, 7) is 1.91. The van der Waals surface area contributed by atoms with E-state index in [1.54, 1.807) is 6.07 Å². The molecule has 100 valence electrons. The average Bonchev–Trinajstić information content (AvgIpc) is 2.35. The summed E-state index contributed by atoms with van der Waals surface area (Å²) in [5.41, 5.74) is 9.38. The highest BCUT2D eigenvalue weighted by Crippen LogP contribution is 2.27. The zero-order valence-corrected chi connectivity index (χ0v) is 14.2. The van der Waals surface area contributed by atoms with Gasteiger partial charge >= 0.3 is 0 Å². The third-order valence-corrected chi connectivity index (χ3v) is 4.50. The minimum absolute atomic E-state index is 0.103. The zero-order valence-electron chi connectivity index (χ0n) is 10.5. The molecule has 0 bridgehead atoms. The second-order valence-electron chi connectivity index (χ2n) is 4.55. The van der Waals surface area contributed by atoms with Gasteiger partial charge in [0, 0.05) is 14.1 Å². The number of halogens is 3. The summed E-state index contributed by atoms with van der Waals surface area (Å²) < 4.78 is 15.3. The van der Waals surface area contributed by atoms with E-state index in [1.165, 1.54) is 6.07 Å². The van der Waals surface area contributed by atoms with E-state index < -0.39 is 0 Å².